The molecule has 0 aromatic heterocycles. The molecular weight excluding hydrogens is 306 g/mol. The number of benzene rings is 3. The van der Waals surface area contributed by atoms with E-state index in [0.29, 0.717) is 5.92 Å². The molecule has 3 aromatic carbocycles. The number of fused-ring (bicyclic) bond motifs is 3. The first kappa shape index (κ1) is 16.3. The lowest BCUT2D eigenvalue weighted by molar-refractivity contribution is 0.0417. The second-order valence-corrected chi connectivity index (χ2v) is 6.44. The highest BCUT2D eigenvalue weighted by atomic mass is 35.5. The van der Waals surface area contributed by atoms with Gasteiger partial charge in [-0.3, -0.25) is 0 Å². The van der Waals surface area contributed by atoms with Crippen LogP contribution in [0.25, 0.3) is 21.5 Å². The van der Waals surface area contributed by atoms with E-state index in [1.807, 2.05) is 6.07 Å². The van der Waals surface area contributed by atoms with E-state index in [1.165, 1.54) is 22.6 Å². The Labute approximate surface area is 142 Å². The molecule has 0 aliphatic heterocycles. The number of aliphatic hydroxyl groups is 1. The van der Waals surface area contributed by atoms with Gasteiger partial charge in [0.15, 0.2) is 0 Å². The van der Waals surface area contributed by atoms with Crippen molar-refractivity contribution in [1.82, 2.24) is 0 Å². The van der Waals surface area contributed by atoms with Gasteiger partial charge in [0.05, 0.1) is 12.1 Å². The van der Waals surface area contributed by atoms with Gasteiger partial charge in [0.1, 0.15) is 0 Å². The third-order valence-electron chi connectivity index (χ3n) is 5.16. The molecule has 1 saturated carbocycles. The topological polar surface area (TPSA) is 46.2 Å². The van der Waals surface area contributed by atoms with Crippen LogP contribution >= 0.6 is 12.4 Å². The quantitative estimate of drug-likeness (QED) is 0.692. The van der Waals surface area contributed by atoms with E-state index < -0.39 is 6.10 Å². The van der Waals surface area contributed by atoms with Crippen molar-refractivity contribution in [2.75, 3.05) is 0 Å². The van der Waals surface area contributed by atoms with E-state index in [2.05, 4.69) is 48.5 Å². The van der Waals surface area contributed by atoms with Crippen LogP contribution in [0.5, 0.6) is 0 Å². The van der Waals surface area contributed by atoms with Gasteiger partial charge >= 0.3 is 0 Å². The number of hydrogen-bond donors (Lipinski definition) is 2. The van der Waals surface area contributed by atoms with Gasteiger partial charge in [-0.2, -0.15) is 0 Å². The van der Waals surface area contributed by atoms with E-state index in [1.54, 1.807) is 0 Å². The third-order valence-corrected chi connectivity index (χ3v) is 5.16. The Bertz CT molecular complexity index is 828. The van der Waals surface area contributed by atoms with Crippen molar-refractivity contribution in [2.24, 2.45) is 11.7 Å². The average Bonchev–Trinajstić information content (AvgIpc) is 2.51. The predicted molar refractivity (Wildman–Crippen MR) is 99.0 cm³/mol. The van der Waals surface area contributed by atoms with Gasteiger partial charge in [0.25, 0.3) is 0 Å². The van der Waals surface area contributed by atoms with E-state index in [-0.39, 0.29) is 18.4 Å². The third kappa shape index (κ3) is 2.72. The molecule has 0 saturated heterocycles. The molecule has 1 aliphatic carbocycles. The Morgan fingerprint density at radius 1 is 0.913 bits per heavy atom. The van der Waals surface area contributed by atoms with E-state index in [0.717, 1.165) is 23.8 Å². The molecule has 120 valence electrons. The molecule has 0 heterocycles. The minimum Gasteiger partial charge on any atom is -0.391 e. The highest BCUT2D eigenvalue weighted by molar-refractivity contribution is 6.09. The molecule has 1 aliphatic rings. The maximum absolute atomic E-state index is 10.6. The smallest absolute Gasteiger partial charge is 0.0761 e. The molecule has 2 atom stereocenters. The van der Waals surface area contributed by atoms with Crippen LogP contribution in [0, 0.1) is 5.92 Å². The number of rotatable bonds is 3. The summed E-state index contributed by atoms with van der Waals surface area (Å²) in [5, 5.41) is 15.4. The number of aliphatic hydroxyl groups excluding tert-OH is 1. The fourth-order valence-electron chi connectivity index (χ4n) is 3.62. The van der Waals surface area contributed by atoms with Crippen molar-refractivity contribution in [2.45, 2.75) is 31.4 Å². The van der Waals surface area contributed by atoms with Crippen molar-refractivity contribution in [3.05, 3.63) is 60.2 Å². The van der Waals surface area contributed by atoms with Crippen molar-refractivity contribution in [3.8, 4) is 0 Å². The second kappa shape index (κ2) is 6.48. The van der Waals surface area contributed by atoms with Gasteiger partial charge in [-0.05, 0) is 51.9 Å². The largest absolute Gasteiger partial charge is 0.391 e. The van der Waals surface area contributed by atoms with Crippen molar-refractivity contribution in [1.29, 1.82) is 0 Å². The van der Waals surface area contributed by atoms with Crippen LogP contribution < -0.4 is 5.73 Å². The molecule has 0 amide bonds. The van der Waals surface area contributed by atoms with Crippen LogP contribution in [0.4, 0.5) is 0 Å². The summed E-state index contributed by atoms with van der Waals surface area (Å²) in [7, 11) is 0. The summed E-state index contributed by atoms with van der Waals surface area (Å²) < 4.78 is 0. The molecule has 4 rings (SSSR count). The standard InChI is InChI=1S/C20H21NO.ClH/c21-19(20(22)13-7-5-8-13)18-12-14-6-1-2-9-15(14)16-10-3-4-11-17(16)18;/h1-4,6,9-13,19-20,22H,5,7-8,21H2;1H/t19-,20+;/m1./s1. The molecule has 2 nitrogen and oxygen atoms in total. The van der Waals surface area contributed by atoms with Gasteiger partial charge in [-0.25, -0.2) is 0 Å². The SMILES string of the molecule is Cl.N[C@H](c1cc2ccccc2c2ccccc12)[C@@H](O)C1CCC1. The number of nitrogens with two attached hydrogens (primary N) is 1. The maximum atomic E-state index is 10.6. The fourth-order valence-corrected chi connectivity index (χ4v) is 3.62. The molecule has 0 radical (unpaired) electrons. The second-order valence-electron chi connectivity index (χ2n) is 6.44. The highest BCUT2D eigenvalue weighted by Gasteiger charge is 2.31. The first-order valence-corrected chi connectivity index (χ1v) is 8.10. The molecular formula is C20H22ClNO. The predicted octanol–water partition coefficient (Wildman–Crippen LogP) is 4.58. The Morgan fingerprint density at radius 3 is 2.17 bits per heavy atom. The summed E-state index contributed by atoms with van der Waals surface area (Å²) in [5.41, 5.74) is 7.52. The van der Waals surface area contributed by atoms with Gasteiger partial charge in [-0.15, -0.1) is 12.4 Å². The first-order chi connectivity index (χ1) is 10.8. The molecule has 3 aromatic rings. The van der Waals surface area contributed by atoms with Crippen LogP contribution in [0.1, 0.15) is 30.9 Å². The minimum atomic E-state index is -0.446. The number of halogens is 1. The van der Waals surface area contributed by atoms with Crippen LogP contribution in [0.3, 0.4) is 0 Å². The van der Waals surface area contributed by atoms with Gasteiger partial charge < -0.3 is 10.8 Å². The summed E-state index contributed by atoms with van der Waals surface area (Å²) in [6.07, 6.45) is 2.96. The van der Waals surface area contributed by atoms with Crippen molar-refractivity contribution in [3.63, 3.8) is 0 Å². The molecule has 3 heteroatoms. The minimum absolute atomic E-state index is 0. The van der Waals surface area contributed by atoms with E-state index >= 15 is 0 Å². The monoisotopic (exact) mass is 327 g/mol. The normalized spacial score (nSPS) is 17.5. The lowest BCUT2D eigenvalue weighted by Crippen LogP contribution is -2.36. The van der Waals surface area contributed by atoms with Crippen LogP contribution in [0.2, 0.25) is 0 Å². The zero-order valence-corrected chi connectivity index (χ0v) is 13.8. The van der Waals surface area contributed by atoms with Crippen LogP contribution in [-0.4, -0.2) is 11.2 Å². The van der Waals surface area contributed by atoms with Gasteiger partial charge in [0, 0.05) is 0 Å². The highest BCUT2D eigenvalue weighted by Crippen LogP contribution is 2.37. The maximum Gasteiger partial charge on any atom is 0.0761 e. The average molecular weight is 328 g/mol. The van der Waals surface area contributed by atoms with Crippen molar-refractivity contribution < 1.29 is 5.11 Å². The molecule has 0 spiro atoms. The summed E-state index contributed by atoms with van der Waals surface area (Å²) in [4.78, 5) is 0. The molecule has 0 unspecified atom stereocenters. The summed E-state index contributed by atoms with van der Waals surface area (Å²) in [6.45, 7) is 0. The van der Waals surface area contributed by atoms with Gasteiger partial charge in [-0.1, -0.05) is 55.0 Å². The molecule has 3 N–H and O–H groups in total. The molecule has 23 heavy (non-hydrogen) atoms. The zero-order chi connectivity index (χ0) is 15.1. The fraction of sp³-hybridized carbons (Fsp3) is 0.300. The lowest BCUT2D eigenvalue weighted by atomic mass is 9.77. The van der Waals surface area contributed by atoms with Crippen molar-refractivity contribution >= 4 is 34.0 Å². The van der Waals surface area contributed by atoms with E-state index in [4.69, 9.17) is 5.73 Å². The molecule has 1 fully saturated rings. The Morgan fingerprint density at radius 2 is 1.52 bits per heavy atom. The van der Waals surface area contributed by atoms with Crippen LogP contribution in [0.15, 0.2) is 54.6 Å². The Balaban J connectivity index is 0.00000156. The van der Waals surface area contributed by atoms with E-state index in [9.17, 15) is 5.11 Å². The Hall–Kier alpha value is -1.61. The lowest BCUT2D eigenvalue weighted by Gasteiger charge is -2.34. The zero-order valence-electron chi connectivity index (χ0n) is 13.0. The van der Waals surface area contributed by atoms with Gasteiger partial charge in [0.2, 0.25) is 0 Å². The number of hydrogen-bond acceptors (Lipinski definition) is 2. The summed E-state index contributed by atoms with van der Waals surface area (Å²) >= 11 is 0. The first-order valence-electron chi connectivity index (χ1n) is 8.10. The molecule has 0 bridgehead atoms. The summed E-state index contributed by atoms with van der Waals surface area (Å²) in [6, 6.07) is 18.6. The summed E-state index contributed by atoms with van der Waals surface area (Å²) in [5.74, 6) is 0.361. The Kier molecular flexibility index (Phi) is 4.58. The van der Waals surface area contributed by atoms with Crippen LogP contribution in [-0.2, 0) is 0 Å².